The summed E-state index contributed by atoms with van der Waals surface area (Å²) < 4.78 is 14.3. The lowest BCUT2D eigenvalue weighted by Crippen LogP contribution is -2.25. The van der Waals surface area contributed by atoms with Crippen LogP contribution in [0.1, 0.15) is 32.9 Å². The van der Waals surface area contributed by atoms with Crippen LogP contribution in [-0.4, -0.2) is 52.9 Å². The zero-order chi connectivity index (χ0) is 23.4. The van der Waals surface area contributed by atoms with Gasteiger partial charge in [0.2, 0.25) is 5.91 Å². The largest absolute Gasteiger partial charge is 0.493 e. The monoisotopic (exact) mass is 465 g/mol. The Balaban J connectivity index is 1.39. The Morgan fingerprint density at radius 3 is 2.52 bits per heavy atom. The maximum atomic E-state index is 12.8. The molecule has 0 spiro atoms. The van der Waals surface area contributed by atoms with E-state index in [0.717, 1.165) is 28.4 Å². The first kappa shape index (κ1) is 22.4. The van der Waals surface area contributed by atoms with Gasteiger partial charge >= 0.3 is 0 Å². The van der Waals surface area contributed by atoms with Crippen LogP contribution in [0.3, 0.4) is 0 Å². The zero-order valence-electron chi connectivity index (χ0n) is 18.5. The van der Waals surface area contributed by atoms with Crippen molar-refractivity contribution >= 4 is 34.7 Å². The molecule has 1 aliphatic rings. The number of nitrogens with one attached hydrogen (secondary N) is 1. The Morgan fingerprint density at radius 2 is 1.85 bits per heavy atom. The predicted octanol–water partition coefficient (Wildman–Crippen LogP) is 3.30. The van der Waals surface area contributed by atoms with E-state index in [9.17, 15) is 9.59 Å². The Labute approximate surface area is 195 Å². The van der Waals surface area contributed by atoms with Gasteiger partial charge in [0.1, 0.15) is 4.88 Å². The van der Waals surface area contributed by atoms with Crippen molar-refractivity contribution in [1.29, 1.82) is 0 Å². The quantitative estimate of drug-likeness (QED) is 0.574. The van der Waals surface area contributed by atoms with E-state index < -0.39 is 0 Å². The minimum atomic E-state index is -0.236. The fourth-order valence-corrected chi connectivity index (χ4v) is 4.02. The molecule has 0 radical (unpaired) electrons. The van der Waals surface area contributed by atoms with Crippen molar-refractivity contribution in [2.24, 2.45) is 5.10 Å². The second-order valence-corrected chi connectivity index (χ2v) is 8.15. The number of aromatic nitrogens is 2. The molecule has 0 aliphatic carbocycles. The molecular formula is C23H23N5O4S. The molecule has 10 heteroatoms. The van der Waals surface area contributed by atoms with Crippen LogP contribution < -0.4 is 14.8 Å². The summed E-state index contributed by atoms with van der Waals surface area (Å²) >= 11 is 1.06. The fraction of sp³-hybridized carbons (Fsp3) is 0.261. The molecule has 2 amide bonds. The summed E-state index contributed by atoms with van der Waals surface area (Å²) in [7, 11) is 3.14. The Morgan fingerprint density at radius 1 is 1.09 bits per heavy atom. The maximum absolute atomic E-state index is 12.8. The fourth-order valence-electron chi connectivity index (χ4n) is 3.47. The number of amides is 2. The van der Waals surface area contributed by atoms with Gasteiger partial charge in [0.05, 0.1) is 38.6 Å². The number of hydrazone groups is 1. The van der Waals surface area contributed by atoms with Gasteiger partial charge in [-0.15, -0.1) is 5.10 Å². The molecule has 0 atom stereocenters. The van der Waals surface area contributed by atoms with Crippen LogP contribution in [0.2, 0.25) is 0 Å². The van der Waals surface area contributed by atoms with Gasteiger partial charge in [-0.2, -0.15) is 5.10 Å². The summed E-state index contributed by atoms with van der Waals surface area (Å²) in [5.74, 6) is 0.881. The van der Waals surface area contributed by atoms with Gasteiger partial charge in [0, 0.05) is 12.1 Å². The molecule has 3 aromatic rings. The number of carbonyl (C=O) groups excluding carboxylic acids is 2. The summed E-state index contributed by atoms with van der Waals surface area (Å²) in [5.41, 5.74) is 3.83. The van der Waals surface area contributed by atoms with Crippen molar-refractivity contribution in [3.05, 3.63) is 64.2 Å². The van der Waals surface area contributed by atoms with Gasteiger partial charge in [-0.05, 0) is 53.8 Å². The molecule has 170 valence electrons. The molecule has 0 saturated carbocycles. The van der Waals surface area contributed by atoms with Crippen molar-refractivity contribution in [2.45, 2.75) is 19.8 Å². The molecule has 0 unspecified atom stereocenters. The van der Waals surface area contributed by atoms with E-state index in [1.807, 2.05) is 30.3 Å². The number of benzene rings is 2. The van der Waals surface area contributed by atoms with Crippen molar-refractivity contribution in [2.75, 3.05) is 26.1 Å². The first-order valence-electron chi connectivity index (χ1n) is 10.3. The highest BCUT2D eigenvalue weighted by atomic mass is 32.1. The van der Waals surface area contributed by atoms with Crippen molar-refractivity contribution in [3.8, 4) is 11.5 Å². The number of hydrogen-bond donors (Lipinski definition) is 1. The molecule has 0 saturated heterocycles. The first-order valence-corrected chi connectivity index (χ1v) is 11.1. The topological polar surface area (TPSA) is 106 Å². The van der Waals surface area contributed by atoms with Crippen LogP contribution in [-0.2, 0) is 11.2 Å². The standard InChI is InChI=1S/C23H23N5O4S/c1-14-22(33-27-25-14)23(30)24-17-7-5-16(6-8-17)18-10-11-28(26-18)21(29)13-15-4-9-19(31-2)20(12-15)32-3/h4-9,12H,10-11,13H2,1-3H3,(H,24,30). The Hall–Kier alpha value is -3.79. The highest BCUT2D eigenvalue weighted by Crippen LogP contribution is 2.28. The number of nitrogens with zero attached hydrogens (tertiary/aromatic N) is 4. The number of hydrogen-bond acceptors (Lipinski definition) is 8. The second kappa shape index (κ2) is 9.78. The van der Waals surface area contributed by atoms with Crippen molar-refractivity contribution < 1.29 is 19.1 Å². The maximum Gasteiger partial charge on any atom is 0.269 e. The molecule has 33 heavy (non-hydrogen) atoms. The van der Waals surface area contributed by atoms with Gasteiger partial charge in [0.15, 0.2) is 11.5 Å². The summed E-state index contributed by atoms with van der Waals surface area (Å²) in [6.07, 6.45) is 0.878. The third-order valence-corrected chi connectivity index (χ3v) is 6.05. The van der Waals surface area contributed by atoms with Gasteiger partial charge in [-0.3, -0.25) is 9.59 Å². The molecule has 1 aliphatic heterocycles. The van der Waals surface area contributed by atoms with Crippen LogP contribution in [0.4, 0.5) is 5.69 Å². The summed E-state index contributed by atoms with van der Waals surface area (Å²) in [4.78, 5) is 25.6. The lowest BCUT2D eigenvalue weighted by atomic mass is 10.1. The SMILES string of the molecule is COc1ccc(CC(=O)N2CCC(c3ccc(NC(=O)c4snnc4C)cc3)=N2)cc1OC. The van der Waals surface area contributed by atoms with E-state index in [1.54, 1.807) is 33.3 Å². The van der Waals surface area contributed by atoms with E-state index >= 15 is 0 Å². The van der Waals surface area contributed by atoms with Gasteiger partial charge in [-0.25, -0.2) is 5.01 Å². The number of ether oxygens (including phenoxy) is 2. The highest BCUT2D eigenvalue weighted by molar-refractivity contribution is 7.08. The highest BCUT2D eigenvalue weighted by Gasteiger charge is 2.22. The summed E-state index contributed by atoms with van der Waals surface area (Å²) in [6.45, 7) is 2.27. The Kier molecular flexibility index (Phi) is 6.64. The van der Waals surface area contributed by atoms with Crippen LogP contribution >= 0.6 is 11.5 Å². The third-order valence-electron chi connectivity index (χ3n) is 5.23. The second-order valence-electron chi connectivity index (χ2n) is 7.40. The van der Waals surface area contributed by atoms with Gasteiger partial charge < -0.3 is 14.8 Å². The Bertz CT molecular complexity index is 1210. The molecule has 1 aromatic heterocycles. The normalized spacial score (nSPS) is 12.9. The lowest BCUT2D eigenvalue weighted by Gasteiger charge is -2.13. The smallest absolute Gasteiger partial charge is 0.269 e. The predicted molar refractivity (Wildman–Crippen MR) is 125 cm³/mol. The van der Waals surface area contributed by atoms with Crippen LogP contribution in [0.25, 0.3) is 0 Å². The molecular weight excluding hydrogens is 442 g/mol. The van der Waals surface area contributed by atoms with Crippen molar-refractivity contribution in [3.63, 3.8) is 0 Å². The first-order chi connectivity index (χ1) is 16.0. The molecule has 1 N–H and O–H groups in total. The van der Waals surface area contributed by atoms with E-state index in [2.05, 4.69) is 20.0 Å². The average molecular weight is 466 g/mol. The molecule has 2 heterocycles. The number of aryl methyl sites for hydroxylation is 1. The van der Waals surface area contributed by atoms with E-state index in [0.29, 0.717) is 40.7 Å². The van der Waals surface area contributed by atoms with Gasteiger partial charge in [0.25, 0.3) is 5.91 Å². The number of rotatable bonds is 7. The summed E-state index contributed by atoms with van der Waals surface area (Å²) in [5, 5.41) is 12.7. The van der Waals surface area contributed by atoms with Crippen molar-refractivity contribution in [1.82, 2.24) is 14.6 Å². The van der Waals surface area contributed by atoms with Crippen LogP contribution in [0, 0.1) is 6.92 Å². The molecule has 0 fully saturated rings. The minimum Gasteiger partial charge on any atom is -0.493 e. The van der Waals surface area contributed by atoms with Crippen LogP contribution in [0.5, 0.6) is 11.5 Å². The zero-order valence-corrected chi connectivity index (χ0v) is 19.3. The molecule has 9 nitrogen and oxygen atoms in total. The third kappa shape index (κ3) is 5.01. The van der Waals surface area contributed by atoms with E-state index in [-0.39, 0.29) is 18.2 Å². The number of carbonyl (C=O) groups is 2. The van der Waals surface area contributed by atoms with Gasteiger partial charge in [-0.1, -0.05) is 22.7 Å². The van der Waals surface area contributed by atoms with E-state index in [1.165, 1.54) is 5.01 Å². The molecule has 0 bridgehead atoms. The van der Waals surface area contributed by atoms with Crippen LogP contribution in [0.15, 0.2) is 47.6 Å². The number of anilines is 1. The summed E-state index contributed by atoms with van der Waals surface area (Å²) in [6, 6.07) is 12.8. The number of methoxy groups -OCH3 is 2. The molecule has 2 aromatic carbocycles. The average Bonchev–Trinajstić information content (AvgIpc) is 3.49. The minimum absolute atomic E-state index is 0.0883. The van der Waals surface area contributed by atoms with E-state index in [4.69, 9.17) is 9.47 Å². The molecule has 4 rings (SSSR count). The lowest BCUT2D eigenvalue weighted by molar-refractivity contribution is -0.130.